The smallest absolute Gasteiger partial charge is 0.0314 e. The maximum absolute atomic E-state index is 5.80. The standard InChI is InChI=1S/C20H31N/c1-2-15-3-5-16(6-4-15)17-7-9-18(10-8-17)19-11-13-20(21)14-12-19/h11-18H,2-10,21H2,1H3/t15?,16?,17-,18-. The van der Waals surface area contributed by atoms with Gasteiger partial charge in [0, 0.05) is 5.69 Å². The Kier molecular flexibility index (Phi) is 4.87. The average Bonchev–Trinajstić information content (AvgIpc) is 2.56. The molecule has 1 nitrogen and oxygen atoms in total. The highest BCUT2D eigenvalue weighted by Crippen LogP contribution is 2.44. The van der Waals surface area contributed by atoms with Crippen LogP contribution in [-0.4, -0.2) is 0 Å². The highest BCUT2D eigenvalue weighted by Gasteiger charge is 2.30. The van der Waals surface area contributed by atoms with Crippen molar-refractivity contribution in [2.75, 3.05) is 5.73 Å². The first-order valence-electron chi connectivity index (χ1n) is 9.11. The van der Waals surface area contributed by atoms with Gasteiger partial charge in [-0.25, -0.2) is 0 Å². The van der Waals surface area contributed by atoms with Gasteiger partial charge < -0.3 is 5.73 Å². The van der Waals surface area contributed by atoms with E-state index in [2.05, 4.69) is 31.2 Å². The summed E-state index contributed by atoms with van der Waals surface area (Å²) in [5.74, 6) is 3.88. The number of hydrogen-bond acceptors (Lipinski definition) is 1. The van der Waals surface area contributed by atoms with Crippen LogP contribution in [0.15, 0.2) is 24.3 Å². The van der Waals surface area contributed by atoms with Crippen molar-refractivity contribution in [3.63, 3.8) is 0 Å². The van der Waals surface area contributed by atoms with E-state index >= 15 is 0 Å². The van der Waals surface area contributed by atoms with Crippen LogP contribution in [0.25, 0.3) is 0 Å². The van der Waals surface area contributed by atoms with Crippen LogP contribution in [-0.2, 0) is 0 Å². The van der Waals surface area contributed by atoms with Crippen molar-refractivity contribution in [1.82, 2.24) is 0 Å². The van der Waals surface area contributed by atoms with Crippen molar-refractivity contribution in [3.8, 4) is 0 Å². The Morgan fingerprint density at radius 1 is 0.810 bits per heavy atom. The van der Waals surface area contributed by atoms with Gasteiger partial charge in [-0.05, 0) is 79.9 Å². The van der Waals surface area contributed by atoms with Crippen molar-refractivity contribution >= 4 is 5.69 Å². The van der Waals surface area contributed by atoms with Crippen molar-refractivity contribution in [2.24, 2.45) is 17.8 Å². The molecule has 1 aromatic rings. The number of anilines is 1. The minimum absolute atomic E-state index is 0.786. The van der Waals surface area contributed by atoms with Gasteiger partial charge in [0.05, 0.1) is 0 Å². The molecule has 2 aliphatic carbocycles. The molecule has 0 aliphatic heterocycles. The molecular weight excluding hydrogens is 254 g/mol. The zero-order valence-electron chi connectivity index (χ0n) is 13.6. The molecular formula is C20H31N. The monoisotopic (exact) mass is 285 g/mol. The average molecular weight is 285 g/mol. The van der Waals surface area contributed by atoms with E-state index < -0.39 is 0 Å². The molecule has 2 N–H and O–H groups in total. The van der Waals surface area contributed by atoms with Crippen molar-refractivity contribution in [1.29, 1.82) is 0 Å². The fourth-order valence-corrected chi connectivity index (χ4v) is 4.76. The second-order valence-corrected chi connectivity index (χ2v) is 7.47. The van der Waals surface area contributed by atoms with Crippen molar-refractivity contribution < 1.29 is 0 Å². The second kappa shape index (κ2) is 6.85. The van der Waals surface area contributed by atoms with Gasteiger partial charge in [-0.2, -0.15) is 0 Å². The minimum Gasteiger partial charge on any atom is -0.399 e. The molecule has 0 aromatic heterocycles. The van der Waals surface area contributed by atoms with Crippen LogP contribution in [0.1, 0.15) is 76.2 Å². The predicted octanol–water partition coefficient (Wildman–Crippen LogP) is 5.76. The molecule has 0 saturated heterocycles. The molecule has 0 bridgehead atoms. The third-order valence-corrected chi connectivity index (χ3v) is 6.32. The van der Waals surface area contributed by atoms with E-state index in [1.807, 2.05) is 0 Å². The van der Waals surface area contributed by atoms with Crippen LogP contribution in [0.3, 0.4) is 0 Å². The van der Waals surface area contributed by atoms with E-state index in [1.165, 1.54) is 63.4 Å². The third kappa shape index (κ3) is 3.62. The zero-order chi connectivity index (χ0) is 14.7. The molecule has 2 fully saturated rings. The van der Waals surface area contributed by atoms with E-state index in [9.17, 15) is 0 Å². The Morgan fingerprint density at radius 2 is 1.33 bits per heavy atom. The van der Waals surface area contributed by atoms with Gasteiger partial charge in [0.2, 0.25) is 0 Å². The maximum Gasteiger partial charge on any atom is 0.0314 e. The lowest BCUT2D eigenvalue weighted by atomic mass is 9.68. The molecule has 116 valence electrons. The number of hydrogen-bond donors (Lipinski definition) is 1. The first-order chi connectivity index (χ1) is 10.3. The fraction of sp³-hybridized carbons (Fsp3) is 0.700. The topological polar surface area (TPSA) is 26.0 Å². The first kappa shape index (κ1) is 14.9. The molecule has 0 amide bonds. The summed E-state index contributed by atoms with van der Waals surface area (Å²) >= 11 is 0. The zero-order valence-corrected chi connectivity index (χ0v) is 13.6. The minimum atomic E-state index is 0.786. The molecule has 0 radical (unpaired) electrons. The van der Waals surface area contributed by atoms with E-state index in [0.717, 1.165) is 29.4 Å². The lowest BCUT2D eigenvalue weighted by molar-refractivity contribution is 0.158. The molecule has 1 heteroatoms. The summed E-state index contributed by atoms with van der Waals surface area (Å²) in [5.41, 5.74) is 8.20. The van der Waals surface area contributed by atoms with Crippen LogP contribution < -0.4 is 5.73 Å². The molecule has 1 aromatic carbocycles. The van der Waals surface area contributed by atoms with Crippen LogP contribution in [0.2, 0.25) is 0 Å². The van der Waals surface area contributed by atoms with E-state index in [1.54, 1.807) is 0 Å². The number of nitrogens with two attached hydrogens (primary N) is 1. The SMILES string of the molecule is CCC1CCC([C@H]2CC[C@H](c3ccc(N)cc3)CC2)CC1. The van der Waals surface area contributed by atoms with E-state index in [4.69, 9.17) is 5.73 Å². The first-order valence-corrected chi connectivity index (χ1v) is 9.11. The Balaban J connectivity index is 1.50. The van der Waals surface area contributed by atoms with Gasteiger partial charge in [-0.15, -0.1) is 0 Å². The Morgan fingerprint density at radius 3 is 1.86 bits per heavy atom. The van der Waals surface area contributed by atoms with Crippen molar-refractivity contribution in [3.05, 3.63) is 29.8 Å². The molecule has 0 spiro atoms. The molecule has 3 rings (SSSR count). The summed E-state index contributed by atoms with van der Waals surface area (Å²) in [6, 6.07) is 8.61. The number of nitrogen functional groups attached to an aromatic ring is 1. The third-order valence-electron chi connectivity index (χ3n) is 6.32. The summed E-state index contributed by atoms with van der Waals surface area (Å²) in [5, 5.41) is 0. The van der Waals surface area contributed by atoms with E-state index in [-0.39, 0.29) is 0 Å². The Labute approximate surface area is 130 Å². The largest absolute Gasteiger partial charge is 0.399 e. The summed E-state index contributed by atoms with van der Waals surface area (Å²) in [7, 11) is 0. The Bertz CT molecular complexity index is 420. The van der Waals surface area contributed by atoms with Gasteiger partial charge in [-0.1, -0.05) is 38.3 Å². The normalized spacial score (nSPS) is 33.8. The molecule has 2 aliphatic rings. The lowest BCUT2D eigenvalue weighted by Gasteiger charge is -2.38. The van der Waals surface area contributed by atoms with Gasteiger partial charge in [0.15, 0.2) is 0 Å². The molecule has 0 atom stereocenters. The highest BCUT2D eigenvalue weighted by atomic mass is 14.5. The molecule has 0 unspecified atom stereocenters. The van der Waals surface area contributed by atoms with Gasteiger partial charge >= 0.3 is 0 Å². The summed E-state index contributed by atoms with van der Waals surface area (Å²) < 4.78 is 0. The summed E-state index contributed by atoms with van der Waals surface area (Å²) in [6.45, 7) is 2.36. The Hall–Kier alpha value is -0.980. The molecule has 2 saturated carbocycles. The van der Waals surface area contributed by atoms with Crippen LogP contribution in [0.4, 0.5) is 5.69 Å². The van der Waals surface area contributed by atoms with Crippen LogP contribution in [0.5, 0.6) is 0 Å². The maximum atomic E-state index is 5.80. The summed E-state index contributed by atoms with van der Waals surface area (Å²) in [4.78, 5) is 0. The van der Waals surface area contributed by atoms with Gasteiger partial charge in [-0.3, -0.25) is 0 Å². The number of benzene rings is 1. The van der Waals surface area contributed by atoms with Crippen LogP contribution in [0, 0.1) is 17.8 Å². The fourth-order valence-electron chi connectivity index (χ4n) is 4.76. The van der Waals surface area contributed by atoms with E-state index in [0.29, 0.717) is 0 Å². The number of rotatable bonds is 3. The van der Waals surface area contributed by atoms with Gasteiger partial charge in [0.1, 0.15) is 0 Å². The molecule has 0 heterocycles. The highest BCUT2D eigenvalue weighted by molar-refractivity contribution is 5.40. The second-order valence-electron chi connectivity index (χ2n) is 7.47. The summed E-state index contributed by atoms with van der Waals surface area (Å²) in [6.07, 6.45) is 13.1. The van der Waals surface area contributed by atoms with Crippen LogP contribution >= 0.6 is 0 Å². The molecule has 21 heavy (non-hydrogen) atoms. The van der Waals surface area contributed by atoms with Crippen molar-refractivity contribution in [2.45, 2.75) is 70.6 Å². The lowest BCUT2D eigenvalue weighted by Crippen LogP contribution is -2.25. The quantitative estimate of drug-likeness (QED) is 0.702. The predicted molar refractivity (Wildman–Crippen MR) is 91.3 cm³/mol. The van der Waals surface area contributed by atoms with Gasteiger partial charge in [0.25, 0.3) is 0 Å².